The molecule has 0 aromatic rings. The summed E-state index contributed by atoms with van der Waals surface area (Å²) in [6.45, 7) is 4.34. The maximum absolute atomic E-state index is 11.5. The molecule has 0 unspecified atom stereocenters. The van der Waals surface area contributed by atoms with Crippen LogP contribution in [-0.4, -0.2) is 30.6 Å². The van der Waals surface area contributed by atoms with Crippen LogP contribution < -0.4 is 5.32 Å². The minimum atomic E-state index is 0.0481. The molecular formula is C9H15BrN2O. The second kappa shape index (κ2) is 5.27. The van der Waals surface area contributed by atoms with Crippen molar-refractivity contribution in [1.29, 1.82) is 0 Å². The van der Waals surface area contributed by atoms with Crippen LogP contribution in [0.3, 0.4) is 0 Å². The van der Waals surface area contributed by atoms with Crippen LogP contribution in [0.15, 0.2) is 10.6 Å². The van der Waals surface area contributed by atoms with Gasteiger partial charge in [0, 0.05) is 17.6 Å². The molecule has 0 aromatic heterocycles. The average Bonchev–Trinajstić information content (AvgIpc) is 2.14. The van der Waals surface area contributed by atoms with Gasteiger partial charge >= 0.3 is 6.03 Å². The lowest BCUT2D eigenvalue weighted by Gasteiger charge is -2.25. The Labute approximate surface area is 87.3 Å². The molecule has 0 saturated carbocycles. The van der Waals surface area contributed by atoms with Gasteiger partial charge in [-0.25, -0.2) is 4.79 Å². The summed E-state index contributed by atoms with van der Waals surface area (Å²) in [5.41, 5.74) is 0. The highest BCUT2D eigenvalue weighted by molar-refractivity contribution is 9.11. The van der Waals surface area contributed by atoms with Gasteiger partial charge in [0.15, 0.2) is 0 Å². The fourth-order valence-electron chi connectivity index (χ4n) is 1.22. The number of hydrogen-bond acceptors (Lipinski definition) is 1. The first-order chi connectivity index (χ1) is 6.24. The van der Waals surface area contributed by atoms with E-state index in [1.165, 1.54) is 0 Å². The van der Waals surface area contributed by atoms with Crippen LogP contribution in [-0.2, 0) is 0 Å². The molecule has 0 aliphatic carbocycles. The first-order valence-corrected chi connectivity index (χ1v) is 5.40. The molecule has 1 rings (SSSR count). The molecule has 3 nitrogen and oxygen atoms in total. The first-order valence-electron chi connectivity index (χ1n) is 4.61. The minimum Gasteiger partial charge on any atom is -0.338 e. The molecule has 1 N–H and O–H groups in total. The molecule has 4 heteroatoms. The standard InChI is InChI=1S/C9H15BrN2O/c1-2-5-11-9(13)12-6-3-4-8(10)7-12/h4H,2-3,5-7H2,1H3,(H,11,13). The van der Waals surface area contributed by atoms with E-state index in [0.29, 0.717) is 6.54 Å². The van der Waals surface area contributed by atoms with Crippen LogP contribution in [0.1, 0.15) is 19.8 Å². The van der Waals surface area contributed by atoms with E-state index in [1.807, 2.05) is 11.8 Å². The van der Waals surface area contributed by atoms with E-state index in [2.05, 4.69) is 27.3 Å². The summed E-state index contributed by atoms with van der Waals surface area (Å²) < 4.78 is 1.10. The summed E-state index contributed by atoms with van der Waals surface area (Å²) >= 11 is 3.40. The molecule has 0 aromatic carbocycles. The molecule has 2 amide bonds. The van der Waals surface area contributed by atoms with Gasteiger partial charge in [-0.1, -0.05) is 28.9 Å². The highest BCUT2D eigenvalue weighted by Gasteiger charge is 2.15. The van der Waals surface area contributed by atoms with Gasteiger partial charge in [0.25, 0.3) is 0 Å². The number of nitrogens with zero attached hydrogens (tertiary/aromatic N) is 1. The highest BCUT2D eigenvalue weighted by atomic mass is 79.9. The third-order valence-electron chi connectivity index (χ3n) is 1.92. The number of carbonyl (C=O) groups excluding carboxylic acids is 1. The van der Waals surface area contributed by atoms with Crippen molar-refractivity contribution in [3.05, 3.63) is 10.6 Å². The minimum absolute atomic E-state index is 0.0481. The molecule has 0 saturated heterocycles. The van der Waals surface area contributed by atoms with Crippen molar-refractivity contribution in [2.75, 3.05) is 19.6 Å². The Morgan fingerprint density at radius 1 is 1.77 bits per heavy atom. The molecule has 1 heterocycles. The third-order valence-corrected chi connectivity index (χ3v) is 2.49. The van der Waals surface area contributed by atoms with Gasteiger partial charge in [-0.05, 0) is 12.8 Å². The molecule has 0 radical (unpaired) electrons. The van der Waals surface area contributed by atoms with Gasteiger partial charge in [-0.2, -0.15) is 0 Å². The number of rotatable bonds is 2. The zero-order valence-corrected chi connectivity index (χ0v) is 9.43. The van der Waals surface area contributed by atoms with E-state index in [0.717, 1.165) is 30.4 Å². The van der Waals surface area contributed by atoms with Crippen molar-refractivity contribution in [2.24, 2.45) is 0 Å². The van der Waals surface area contributed by atoms with Gasteiger partial charge in [-0.15, -0.1) is 0 Å². The predicted molar refractivity (Wildman–Crippen MR) is 56.9 cm³/mol. The number of urea groups is 1. The summed E-state index contributed by atoms with van der Waals surface area (Å²) in [6, 6.07) is 0.0481. The zero-order valence-electron chi connectivity index (χ0n) is 7.85. The fourth-order valence-corrected chi connectivity index (χ4v) is 1.75. The van der Waals surface area contributed by atoms with Crippen LogP contribution in [0, 0.1) is 0 Å². The van der Waals surface area contributed by atoms with E-state index < -0.39 is 0 Å². The monoisotopic (exact) mass is 246 g/mol. The summed E-state index contributed by atoms with van der Waals surface area (Å²) in [5, 5.41) is 2.86. The van der Waals surface area contributed by atoms with Gasteiger partial charge < -0.3 is 10.2 Å². The molecule has 0 fully saturated rings. The third kappa shape index (κ3) is 3.38. The van der Waals surface area contributed by atoms with Gasteiger partial charge in [0.05, 0.1) is 6.54 Å². The smallest absolute Gasteiger partial charge is 0.317 e. The van der Waals surface area contributed by atoms with Crippen molar-refractivity contribution in [1.82, 2.24) is 10.2 Å². The van der Waals surface area contributed by atoms with E-state index in [9.17, 15) is 4.79 Å². The molecule has 0 bridgehead atoms. The Kier molecular flexibility index (Phi) is 4.28. The number of nitrogens with one attached hydrogen (secondary N) is 1. The lowest BCUT2D eigenvalue weighted by Crippen LogP contribution is -2.42. The van der Waals surface area contributed by atoms with E-state index >= 15 is 0 Å². The Morgan fingerprint density at radius 2 is 2.54 bits per heavy atom. The van der Waals surface area contributed by atoms with Gasteiger partial charge in [0.1, 0.15) is 0 Å². The second-order valence-corrected chi connectivity index (χ2v) is 4.11. The SMILES string of the molecule is CCCNC(=O)N1CCC=C(Br)C1. The van der Waals surface area contributed by atoms with Crippen molar-refractivity contribution in [2.45, 2.75) is 19.8 Å². The average molecular weight is 247 g/mol. The Morgan fingerprint density at radius 3 is 3.15 bits per heavy atom. The zero-order chi connectivity index (χ0) is 9.68. The van der Waals surface area contributed by atoms with Crippen molar-refractivity contribution < 1.29 is 4.79 Å². The van der Waals surface area contributed by atoms with E-state index in [4.69, 9.17) is 0 Å². The Hall–Kier alpha value is -0.510. The number of carbonyl (C=O) groups is 1. The van der Waals surface area contributed by atoms with Crippen molar-refractivity contribution in [3.63, 3.8) is 0 Å². The van der Waals surface area contributed by atoms with Gasteiger partial charge in [-0.3, -0.25) is 0 Å². The van der Waals surface area contributed by atoms with Gasteiger partial charge in [0.2, 0.25) is 0 Å². The predicted octanol–water partition coefficient (Wildman–Crippen LogP) is 2.09. The largest absolute Gasteiger partial charge is 0.338 e. The summed E-state index contributed by atoms with van der Waals surface area (Å²) in [5.74, 6) is 0. The second-order valence-electron chi connectivity index (χ2n) is 3.09. The molecule has 1 aliphatic rings. The van der Waals surface area contributed by atoms with Crippen LogP contribution >= 0.6 is 15.9 Å². The maximum atomic E-state index is 11.5. The molecule has 0 atom stereocenters. The van der Waals surface area contributed by atoms with Crippen LogP contribution in [0.5, 0.6) is 0 Å². The van der Waals surface area contributed by atoms with E-state index in [-0.39, 0.29) is 6.03 Å². The summed E-state index contributed by atoms with van der Waals surface area (Å²) in [7, 11) is 0. The van der Waals surface area contributed by atoms with Crippen LogP contribution in [0.2, 0.25) is 0 Å². The molecule has 1 aliphatic heterocycles. The normalized spacial score (nSPS) is 16.8. The lowest BCUT2D eigenvalue weighted by molar-refractivity contribution is 0.202. The van der Waals surface area contributed by atoms with Crippen LogP contribution in [0.25, 0.3) is 0 Å². The highest BCUT2D eigenvalue weighted by Crippen LogP contribution is 2.14. The molecule has 13 heavy (non-hydrogen) atoms. The lowest BCUT2D eigenvalue weighted by atomic mass is 10.2. The fraction of sp³-hybridized carbons (Fsp3) is 0.667. The Balaban J connectivity index is 2.35. The maximum Gasteiger partial charge on any atom is 0.317 e. The number of halogens is 1. The molecule has 74 valence electrons. The van der Waals surface area contributed by atoms with Crippen LogP contribution in [0.4, 0.5) is 4.79 Å². The van der Waals surface area contributed by atoms with E-state index in [1.54, 1.807) is 0 Å². The molecule has 0 spiro atoms. The number of hydrogen-bond donors (Lipinski definition) is 1. The first kappa shape index (κ1) is 10.6. The number of amides is 2. The topological polar surface area (TPSA) is 32.3 Å². The van der Waals surface area contributed by atoms with Crippen molar-refractivity contribution in [3.8, 4) is 0 Å². The quantitative estimate of drug-likeness (QED) is 0.796. The van der Waals surface area contributed by atoms with Crippen molar-refractivity contribution >= 4 is 22.0 Å². The summed E-state index contributed by atoms with van der Waals surface area (Å²) in [6.07, 6.45) is 4.04. The summed E-state index contributed by atoms with van der Waals surface area (Å²) in [4.78, 5) is 13.3. The molecular weight excluding hydrogens is 232 g/mol. The Bertz CT molecular complexity index is 216.